The molecule has 1 aromatic heterocycles. The zero-order valence-electron chi connectivity index (χ0n) is 17.0. The molecule has 1 N–H and O–H groups in total. The first-order valence-electron chi connectivity index (χ1n) is 9.36. The van der Waals surface area contributed by atoms with Crippen molar-refractivity contribution in [1.29, 1.82) is 0 Å². The number of aromatic nitrogens is 3. The van der Waals surface area contributed by atoms with E-state index < -0.39 is 4.92 Å². The van der Waals surface area contributed by atoms with E-state index >= 15 is 0 Å². The van der Waals surface area contributed by atoms with Crippen molar-refractivity contribution in [3.8, 4) is 11.5 Å². The summed E-state index contributed by atoms with van der Waals surface area (Å²) in [6.45, 7) is 2.80. The maximum atomic E-state index is 12.2. The van der Waals surface area contributed by atoms with Crippen molar-refractivity contribution in [3.63, 3.8) is 0 Å². The Hall–Kier alpha value is -3.60. The number of hydrogen-bond acceptors (Lipinski definition) is 8. The van der Waals surface area contributed by atoms with Gasteiger partial charge in [-0.2, -0.15) is 0 Å². The molecule has 31 heavy (non-hydrogen) atoms. The fraction of sp³-hybridized carbons (Fsp3) is 0.250. The van der Waals surface area contributed by atoms with E-state index in [9.17, 15) is 14.9 Å². The van der Waals surface area contributed by atoms with Crippen molar-refractivity contribution in [2.75, 3.05) is 18.2 Å². The summed E-state index contributed by atoms with van der Waals surface area (Å²) in [5, 5.41) is 22.4. The van der Waals surface area contributed by atoms with Crippen LogP contribution in [0.1, 0.15) is 12.7 Å². The van der Waals surface area contributed by atoms with E-state index in [2.05, 4.69) is 15.5 Å². The lowest BCUT2D eigenvalue weighted by Gasteiger charge is -2.09. The van der Waals surface area contributed by atoms with Crippen molar-refractivity contribution < 1.29 is 19.2 Å². The second-order valence-corrected chi connectivity index (χ2v) is 7.19. The highest BCUT2D eigenvalue weighted by Gasteiger charge is 2.14. The van der Waals surface area contributed by atoms with Gasteiger partial charge in [0.1, 0.15) is 18.1 Å². The van der Waals surface area contributed by atoms with Crippen LogP contribution < -0.4 is 14.8 Å². The Morgan fingerprint density at radius 3 is 2.61 bits per heavy atom. The maximum Gasteiger partial charge on any atom is 0.271 e. The van der Waals surface area contributed by atoms with Crippen LogP contribution >= 0.6 is 11.8 Å². The predicted octanol–water partition coefficient (Wildman–Crippen LogP) is 3.52. The van der Waals surface area contributed by atoms with Crippen LogP contribution in [0.2, 0.25) is 0 Å². The molecular weight excluding hydrogens is 422 g/mol. The molecule has 0 fully saturated rings. The van der Waals surface area contributed by atoms with Gasteiger partial charge >= 0.3 is 0 Å². The number of nitro groups is 1. The average molecular weight is 443 g/mol. The first-order valence-corrected chi connectivity index (χ1v) is 10.3. The number of nitrogens with one attached hydrogen (secondary N) is 1. The molecule has 0 aliphatic rings. The molecule has 0 bridgehead atoms. The molecule has 11 heteroatoms. The van der Waals surface area contributed by atoms with E-state index in [1.807, 2.05) is 11.5 Å². The Kier molecular flexibility index (Phi) is 7.44. The molecular formula is C20H21N5O5S. The number of methoxy groups -OCH3 is 1. The molecule has 162 valence electrons. The Labute approximate surface area is 182 Å². The van der Waals surface area contributed by atoms with Crippen molar-refractivity contribution in [1.82, 2.24) is 14.8 Å². The van der Waals surface area contributed by atoms with Crippen LogP contribution in [-0.4, -0.2) is 38.5 Å². The van der Waals surface area contributed by atoms with E-state index in [1.54, 1.807) is 37.4 Å². The van der Waals surface area contributed by atoms with Crippen molar-refractivity contribution in [3.05, 3.63) is 64.5 Å². The lowest BCUT2D eigenvalue weighted by Crippen LogP contribution is -2.15. The molecule has 0 aliphatic carbocycles. The minimum Gasteiger partial charge on any atom is -0.497 e. The van der Waals surface area contributed by atoms with Crippen molar-refractivity contribution in [2.45, 2.75) is 25.2 Å². The topological polar surface area (TPSA) is 121 Å². The third-order valence-electron chi connectivity index (χ3n) is 4.21. The fourth-order valence-electron chi connectivity index (χ4n) is 2.69. The number of carbonyl (C=O) groups excluding carboxylic acids is 1. The highest BCUT2D eigenvalue weighted by molar-refractivity contribution is 7.99. The monoisotopic (exact) mass is 443 g/mol. The van der Waals surface area contributed by atoms with E-state index in [4.69, 9.17) is 9.47 Å². The third kappa shape index (κ3) is 5.95. The molecule has 0 radical (unpaired) electrons. The number of carbonyl (C=O) groups is 1. The van der Waals surface area contributed by atoms with Gasteiger partial charge < -0.3 is 19.4 Å². The Morgan fingerprint density at radius 1 is 1.19 bits per heavy atom. The second kappa shape index (κ2) is 10.4. The Balaban J connectivity index is 1.56. The van der Waals surface area contributed by atoms with Gasteiger partial charge in [0.2, 0.25) is 5.91 Å². The number of hydrogen-bond donors (Lipinski definition) is 1. The van der Waals surface area contributed by atoms with Gasteiger partial charge in [0, 0.05) is 24.4 Å². The van der Waals surface area contributed by atoms with Gasteiger partial charge in [0.15, 0.2) is 11.0 Å². The van der Waals surface area contributed by atoms with Gasteiger partial charge in [-0.1, -0.05) is 17.8 Å². The van der Waals surface area contributed by atoms with E-state index in [0.29, 0.717) is 29.0 Å². The molecule has 2 aromatic carbocycles. The number of nitro benzene ring substituents is 1. The van der Waals surface area contributed by atoms with Crippen LogP contribution in [-0.2, 0) is 17.9 Å². The summed E-state index contributed by atoms with van der Waals surface area (Å²) in [7, 11) is 1.60. The van der Waals surface area contributed by atoms with E-state index in [1.165, 1.54) is 30.0 Å². The number of non-ortho nitro benzene ring substituents is 1. The van der Waals surface area contributed by atoms with Crippen LogP contribution in [0.4, 0.5) is 11.4 Å². The summed E-state index contributed by atoms with van der Waals surface area (Å²) in [6, 6.07) is 13.0. The molecule has 3 rings (SSSR count). The number of nitrogens with zero attached hydrogens (tertiary/aromatic N) is 4. The molecule has 0 spiro atoms. The molecule has 1 amide bonds. The standard InChI is InChI=1S/C20H21N5O5S/c1-3-24-18(12-30-17-9-7-16(29-2)8-10-17)22-23-20(24)31-13-19(26)21-14-5-4-6-15(11-14)25(27)28/h4-11H,3,12-13H2,1-2H3,(H,21,26). The van der Waals surface area contributed by atoms with Gasteiger partial charge in [-0.15, -0.1) is 10.2 Å². The summed E-state index contributed by atoms with van der Waals surface area (Å²) in [4.78, 5) is 22.6. The lowest BCUT2D eigenvalue weighted by molar-refractivity contribution is -0.384. The minimum atomic E-state index is -0.510. The summed E-state index contributed by atoms with van der Waals surface area (Å²) in [6.07, 6.45) is 0. The summed E-state index contributed by atoms with van der Waals surface area (Å²) in [5.41, 5.74) is 0.281. The van der Waals surface area contributed by atoms with Gasteiger partial charge in [0.05, 0.1) is 17.8 Å². The van der Waals surface area contributed by atoms with Crippen LogP contribution in [0.3, 0.4) is 0 Å². The Bertz CT molecular complexity index is 1050. The van der Waals surface area contributed by atoms with Gasteiger partial charge in [-0.25, -0.2) is 0 Å². The van der Waals surface area contributed by atoms with E-state index in [0.717, 1.165) is 5.75 Å². The zero-order chi connectivity index (χ0) is 22.2. The molecule has 3 aromatic rings. The number of thioether (sulfide) groups is 1. The number of rotatable bonds is 10. The SMILES string of the molecule is CCn1c(COc2ccc(OC)cc2)nnc1SCC(=O)Nc1cccc([N+](=O)[O-])c1. The first-order chi connectivity index (χ1) is 15.0. The van der Waals surface area contributed by atoms with Crippen LogP contribution in [0.25, 0.3) is 0 Å². The smallest absolute Gasteiger partial charge is 0.271 e. The third-order valence-corrected chi connectivity index (χ3v) is 5.18. The molecule has 0 saturated carbocycles. The van der Waals surface area contributed by atoms with Crippen LogP contribution in [0.15, 0.2) is 53.7 Å². The van der Waals surface area contributed by atoms with E-state index in [-0.39, 0.29) is 24.0 Å². The summed E-state index contributed by atoms with van der Waals surface area (Å²) >= 11 is 1.23. The molecule has 0 atom stereocenters. The van der Waals surface area contributed by atoms with Crippen molar-refractivity contribution in [2.24, 2.45) is 0 Å². The highest BCUT2D eigenvalue weighted by Crippen LogP contribution is 2.21. The summed E-state index contributed by atoms with van der Waals surface area (Å²) in [5.74, 6) is 1.84. The largest absolute Gasteiger partial charge is 0.497 e. The van der Waals surface area contributed by atoms with Crippen LogP contribution in [0.5, 0.6) is 11.5 Å². The predicted molar refractivity (Wildman–Crippen MR) is 115 cm³/mol. The minimum absolute atomic E-state index is 0.0835. The fourth-order valence-corrected chi connectivity index (χ4v) is 3.52. The zero-order valence-corrected chi connectivity index (χ0v) is 17.8. The van der Waals surface area contributed by atoms with Gasteiger partial charge in [-0.05, 0) is 37.3 Å². The quantitative estimate of drug-likeness (QED) is 0.287. The molecule has 1 heterocycles. The molecule has 0 saturated heterocycles. The highest BCUT2D eigenvalue weighted by atomic mass is 32.2. The second-order valence-electron chi connectivity index (χ2n) is 6.25. The van der Waals surface area contributed by atoms with Crippen molar-refractivity contribution >= 4 is 29.0 Å². The molecule has 0 aliphatic heterocycles. The summed E-state index contributed by atoms with van der Waals surface area (Å²) < 4.78 is 12.8. The average Bonchev–Trinajstić information content (AvgIpc) is 3.18. The van der Waals surface area contributed by atoms with Crippen LogP contribution in [0, 0.1) is 10.1 Å². The lowest BCUT2D eigenvalue weighted by atomic mass is 10.3. The number of ether oxygens (including phenoxy) is 2. The number of amides is 1. The number of anilines is 1. The van der Waals surface area contributed by atoms with Gasteiger partial charge in [0.25, 0.3) is 5.69 Å². The molecule has 10 nitrogen and oxygen atoms in total. The maximum absolute atomic E-state index is 12.2. The van der Waals surface area contributed by atoms with Gasteiger partial charge in [-0.3, -0.25) is 14.9 Å². The first kappa shape index (κ1) is 22.1. The number of benzene rings is 2. The molecule has 0 unspecified atom stereocenters. The normalized spacial score (nSPS) is 10.5. The Morgan fingerprint density at radius 2 is 1.94 bits per heavy atom.